The zero-order valence-corrected chi connectivity index (χ0v) is 20.6. The Balaban J connectivity index is 1.59. The molecule has 3 aliphatic carbocycles. The van der Waals surface area contributed by atoms with E-state index in [1.807, 2.05) is 25.2 Å². The number of carbonyl (C=O) groups excluding carboxylic acids is 4. The summed E-state index contributed by atoms with van der Waals surface area (Å²) in [5, 5.41) is 9.93. The highest BCUT2D eigenvalue weighted by Crippen LogP contribution is 2.52. The fraction of sp³-hybridized carbons (Fsp3) is 0.379. The molecule has 0 bridgehead atoms. The van der Waals surface area contributed by atoms with Crippen molar-refractivity contribution in [2.45, 2.75) is 33.1 Å². The summed E-state index contributed by atoms with van der Waals surface area (Å²) in [4.78, 5) is 54.2. The summed E-state index contributed by atoms with van der Waals surface area (Å²) in [6.45, 7) is 3.98. The SMILES string of the molecule is CCCN1C(=O)C2CC=C3C(C=Cc4ccc(O)c(OC)c4)C4=C(CC3C2C1=O)C(=O)C=C(C)C4=O. The summed E-state index contributed by atoms with van der Waals surface area (Å²) in [7, 11) is 1.47. The lowest BCUT2D eigenvalue weighted by molar-refractivity contribution is -0.140. The number of phenols is 1. The first kappa shape index (κ1) is 24.0. The van der Waals surface area contributed by atoms with Gasteiger partial charge in [0.2, 0.25) is 11.8 Å². The molecule has 1 aromatic rings. The first-order chi connectivity index (χ1) is 17.3. The minimum Gasteiger partial charge on any atom is -0.504 e. The molecule has 1 heterocycles. The molecule has 4 unspecified atom stereocenters. The molecule has 0 saturated carbocycles. The predicted octanol–water partition coefficient (Wildman–Crippen LogP) is 3.79. The Kier molecular flexibility index (Phi) is 6.02. The number of ether oxygens (including phenoxy) is 1. The number of hydrogen-bond donors (Lipinski definition) is 1. The molecular formula is C29H29NO6. The summed E-state index contributed by atoms with van der Waals surface area (Å²) in [5.41, 5.74) is 2.99. The van der Waals surface area contributed by atoms with Crippen LogP contribution >= 0.6 is 0 Å². The lowest BCUT2D eigenvalue weighted by Crippen LogP contribution is -2.40. The summed E-state index contributed by atoms with van der Waals surface area (Å²) in [5.74, 6) is -2.04. The monoisotopic (exact) mass is 487 g/mol. The second-order valence-electron chi connectivity index (χ2n) is 9.89. The number of aromatic hydroxyl groups is 1. The zero-order chi connectivity index (χ0) is 25.7. The van der Waals surface area contributed by atoms with Gasteiger partial charge >= 0.3 is 0 Å². The summed E-state index contributed by atoms with van der Waals surface area (Å²) in [6, 6.07) is 4.95. The summed E-state index contributed by atoms with van der Waals surface area (Å²) in [6.07, 6.45) is 8.53. The van der Waals surface area contributed by atoms with Gasteiger partial charge in [0.1, 0.15) is 0 Å². The summed E-state index contributed by atoms with van der Waals surface area (Å²) >= 11 is 0. The van der Waals surface area contributed by atoms with Gasteiger partial charge in [0.25, 0.3) is 0 Å². The molecule has 1 saturated heterocycles. The van der Waals surface area contributed by atoms with Crippen LogP contribution in [-0.4, -0.2) is 47.0 Å². The number of nitrogens with zero attached hydrogens (tertiary/aromatic N) is 1. The van der Waals surface area contributed by atoms with Gasteiger partial charge in [0, 0.05) is 29.2 Å². The van der Waals surface area contributed by atoms with Crippen molar-refractivity contribution in [3.63, 3.8) is 0 Å². The van der Waals surface area contributed by atoms with Gasteiger partial charge in [0.05, 0.1) is 18.9 Å². The van der Waals surface area contributed by atoms with Gasteiger partial charge in [-0.2, -0.15) is 0 Å². The fourth-order valence-corrected chi connectivity index (χ4v) is 6.15. The molecule has 1 aromatic carbocycles. The third-order valence-electron chi connectivity index (χ3n) is 7.84. The molecule has 1 fully saturated rings. The number of fused-ring (bicyclic) bond motifs is 3. The van der Waals surface area contributed by atoms with Gasteiger partial charge in [-0.1, -0.05) is 36.8 Å². The lowest BCUT2D eigenvalue weighted by atomic mass is 9.60. The van der Waals surface area contributed by atoms with Crippen LogP contribution in [0.25, 0.3) is 6.08 Å². The molecule has 0 spiro atoms. The molecule has 186 valence electrons. The van der Waals surface area contributed by atoms with E-state index in [9.17, 15) is 24.3 Å². The first-order valence-electron chi connectivity index (χ1n) is 12.4. The standard InChI is InChI=1S/C29H29NO6/c1-4-11-30-28(34)19-9-8-17-18(7-5-16-6-10-22(31)24(13-16)36-3)25-21(14-20(17)26(19)29(30)35)23(32)12-15(2)27(25)33/h5-8,10,12-13,18-20,26,31H,4,9,11,14H2,1-3H3. The number of hydrogen-bond acceptors (Lipinski definition) is 6. The molecule has 5 rings (SSSR count). The minimum absolute atomic E-state index is 0.0215. The van der Waals surface area contributed by atoms with Gasteiger partial charge < -0.3 is 9.84 Å². The number of Topliss-reactive ketones (excluding diaryl/α,β-unsaturated/α-hetero) is 1. The number of methoxy groups -OCH3 is 1. The number of ketones is 2. The highest BCUT2D eigenvalue weighted by molar-refractivity contribution is 6.23. The Morgan fingerprint density at radius 2 is 1.92 bits per heavy atom. The van der Waals surface area contributed by atoms with Crippen molar-refractivity contribution in [2.24, 2.45) is 23.7 Å². The first-order valence-corrected chi connectivity index (χ1v) is 12.4. The van der Waals surface area contributed by atoms with Crippen molar-refractivity contribution in [2.75, 3.05) is 13.7 Å². The number of rotatable bonds is 5. The normalized spacial score (nSPS) is 27.7. The van der Waals surface area contributed by atoms with Gasteiger partial charge in [-0.25, -0.2) is 0 Å². The number of amides is 2. The van der Waals surface area contributed by atoms with E-state index in [0.717, 1.165) is 11.1 Å². The second kappa shape index (κ2) is 9.04. The number of likely N-dealkylation sites (tertiary alicyclic amines) is 1. The molecule has 36 heavy (non-hydrogen) atoms. The van der Waals surface area contributed by atoms with Crippen molar-refractivity contribution in [3.8, 4) is 11.5 Å². The molecule has 7 heteroatoms. The van der Waals surface area contributed by atoms with Crippen molar-refractivity contribution in [1.82, 2.24) is 4.90 Å². The van der Waals surface area contributed by atoms with E-state index in [0.29, 0.717) is 41.9 Å². The van der Waals surface area contributed by atoms with E-state index in [4.69, 9.17) is 4.74 Å². The molecular weight excluding hydrogens is 458 g/mol. The quantitative estimate of drug-likeness (QED) is 0.385. The van der Waals surface area contributed by atoms with E-state index in [2.05, 4.69) is 0 Å². The van der Waals surface area contributed by atoms with E-state index in [1.54, 1.807) is 19.1 Å². The largest absolute Gasteiger partial charge is 0.504 e. The molecule has 4 atom stereocenters. The maximum Gasteiger partial charge on any atom is 0.233 e. The molecule has 2 amide bonds. The maximum atomic E-state index is 13.4. The third-order valence-corrected chi connectivity index (χ3v) is 7.84. The van der Waals surface area contributed by atoms with Crippen molar-refractivity contribution < 1.29 is 29.0 Å². The molecule has 7 nitrogen and oxygen atoms in total. The van der Waals surface area contributed by atoms with Crippen LogP contribution in [0.4, 0.5) is 0 Å². The Bertz CT molecular complexity index is 1310. The van der Waals surface area contributed by atoms with Crippen LogP contribution in [-0.2, 0) is 19.2 Å². The molecule has 1 aliphatic heterocycles. The van der Waals surface area contributed by atoms with E-state index in [-0.39, 0.29) is 41.5 Å². The predicted molar refractivity (Wildman–Crippen MR) is 133 cm³/mol. The Morgan fingerprint density at radius 1 is 1.14 bits per heavy atom. The second-order valence-corrected chi connectivity index (χ2v) is 9.89. The third kappa shape index (κ3) is 3.65. The maximum absolute atomic E-state index is 13.4. The van der Waals surface area contributed by atoms with Crippen LogP contribution in [0, 0.1) is 23.7 Å². The topological polar surface area (TPSA) is 101 Å². The highest BCUT2D eigenvalue weighted by atomic mass is 16.5. The minimum atomic E-state index is -0.516. The van der Waals surface area contributed by atoms with Crippen LogP contribution in [0.15, 0.2) is 58.7 Å². The Morgan fingerprint density at radius 3 is 2.64 bits per heavy atom. The highest BCUT2D eigenvalue weighted by Gasteiger charge is 2.55. The summed E-state index contributed by atoms with van der Waals surface area (Å²) < 4.78 is 5.21. The fourth-order valence-electron chi connectivity index (χ4n) is 6.15. The molecule has 0 radical (unpaired) electrons. The van der Waals surface area contributed by atoms with Crippen LogP contribution < -0.4 is 4.74 Å². The van der Waals surface area contributed by atoms with Gasteiger partial charge in [-0.3, -0.25) is 24.1 Å². The average molecular weight is 488 g/mol. The number of imide groups is 1. The lowest BCUT2D eigenvalue weighted by Gasteiger charge is -2.41. The van der Waals surface area contributed by atoms with Crippen molar-refractivity contribution in [3.05, 3.63) is 64.3 Å². The van der Waals surface area contributed by atoms with E-state index < -0.39 is 17.8 Å². The van der Waals surface area contributed by atoms with Gasteiger partial charge in [-0.05, 0) is 55.9 Å². The number of carbonyl (C=O) groups is 4. The number of phenolic OH excluding ortho intramolecular Hbond substituents is 1. The van der Waals surface area contributed by atoms with Crippen molar-refractivity contribution in [1.29, 1.82) is 0 Å². The van der Waals surface area contributed by atoms with Crippen LogP contribution in [0.2, 0.25) is 0 Å². The Hall–Kier alpha value is -3.74. The van der Waals surface area contributed by atoms with Crippen LogP contribution in [0.1, 0.15) is 38.7 Å². The number of allylic oxidation sites excluding steroid dienone is 7. The molecule has 4 aliphatic rings. The van der Waals surface area contributed by atoms with Crippen molar-refractivity contribution >= 4 is 29.5 Å². The Labute approximate surface area is 209 Å². The smallest absolute Gasteiger partial charge is 0.233 e. The van der Waals surface area contributed by atoms with Crippen LogP contribution in [0.3, 0.4) is 0 Å². The zero-order valence-electron chi connectivity index (χ0n) is 20.6. The average Bonchev–Trinajstić information content (AvgIpc) is 3.11. The van der Waals surface area contributed by atoms with Gasteiger partial charge in [-0.15, -0.1) is 0 Å². The van der Waals surface area contributed by atoms with Crippen LogP contribution in [0.5, 0.6) is 11.5 Å². The van der Waals surface area contributed by atoms with E-state index >= 15 is 0 Å². The van der Waals surface area contributed by atoms with Gasteiger partial charge in [0.15, 0.2) is 23.1 Å². The van der Waals surface area contributed by atoms with E-state index in [1.165, 1.54) is 24.2 Å². The molecule has 0 aromatic heterocycles. The number of benzene rings is 1. The molecule has 1 N–H and O–H groups in total.